The number of halogens is 4. The average Bonchev–Trinajstić information content (AvgIpc) is 3.11. The number of rotatable bonds is 7. The number of nitrogens with one attached hydrogen (secondary N) is 1. The molecule has 0 unspecified atom stereocenters. The number of carbonyl (C=O) groups excluding carboxylic acids is 2. The van der Waals surface area contributed by atoms with Gasteiger partial charge in [0.2, 0.25) is 5.91 Å². The smallest absolute Gasteiger partial charge is 0.405 e. The minimum atomic E-state index is -4.53. The maximum atomic E-state index is 13.2. The van der Waals surface area contributed by atoms with Gasteiger partial charge in [-0.15, -0.1) is 0 Å². The lowest BCUT2D eigenvalue weighted by Gasteiger charge is -2.19. The summed E-state index contributed by atoms with van der Waals surface area (Å²) in [5, 5.41) is 2.24. The number of ether oxygens (including phenoxy) is 2. The van der Waals surface area contributed by atoms with E-state index < -0.39 is 24.5 Å². The maximum absolute atomic E-state index is 13.2. The Morgan fingerprint density at radius 1 is 1.18 bits per heavy atom. The first-order valence-corrected chi connectivity index (χ1v) is 11.1. The van der Waals surface area contributed by atoms with Crippen LogP contribution in [0.2, 0.25) is 5.02 Å². The number of nitrogens with zero attached hydrogens (tertiary/aromatic N) is 2. The number of hydrogen-bond donors (Lipinski definition) is 1. The summed E-state index contributed by atoms with van der Waals surface area (Å²) in [6.45, 7) is -1.45. The van der Waals surface area contributed by atoms with Crippen molar-refractivity contribution in [3.8, 4) is 11.5 Å². The normalized spacial score (nSPS) is 14.9. The molecule has 12 heteroatoms. The first-order valence-electron chi connectivity index (χ1n) is 9.70. The molecule has 1 N–H and O–H groups in total. The third-order valence-corrected chi connectivity index (χ3v) is 5.71. The van der Waals surface area contributed by atoms with Gasteiger partial charge in [-0.05, 0) is 35.9 Å². The predicted octanol–water partition coefficient (Wildman–Crippen LogP) is 4.51. The van der Waals surface area contributed by atoms with Crippen molar-refractivity contribution >= 4 is 52.1 Å². The Bertz CT molecular complexity index is 1140. The fourth-order valence-electron chi connectivity index (χ4n) is 2.85. The maximum Gasteiger partial charge on any atom is 0.405 e. The van der Waals surface area contributed by atoms with Crippen molar-refractivity contribution < 1.29 is 32.2 Å². The summed E-state index contributed by atoms with van der Waals surface area (Å²) >= 11 is 6.91. The number of hydrogen-bond acceptors (Lipinski definition) is 6. The second kappa shape index (κ2) is 10.8. The monoisotopic (exact) mass is 513 g/mol. The Morgan fingerprint density at radius 2 is 1.88 bits per heavy atom. The molecule has 1 aliphatic rings. The first-order chi connectivity index (χ1) is 16.1. The molecule has 3 rings (SSSR count). The summed E-state index contributed by atoms with van der Waals surface area (Å²) in [7, 11) is 2.95. The molecule has 0 saturated heterocycles. The minimum absolute atomic E-state index is 0.0808. The van der Waals surface area contributed by atoms with Crippen LogP contribution in [0.15, 0.2) is 53.2 Å². The van der Waals surface area contributed by atoms with Crippen molar-refractivity contribution in [1.29, 1.82) is 0 Å². The number of amides is 2. The molecule has 0 atom stereocenters. The number of anilines is 1. The summed E-state index contributed by atoms with van der Waals surface area (Å²) < 4.78 is 47.4. The van der Waals surface area contributed by atoms with Crippen LogP contribution in [-0.2, 0) is 9.59 Å². The molecule has 2 aromatic carbocycles. The number of alkyl halides is 3. The van der Waals surface area contributed by atoms with Gasteiger partial charge < -0.3 is 14.8 Å². The highest BCUT2D eigenvalue weighted by molar-refractivity contribution is 8.14. The fraction of sp³-hybridized carbons (Fsp3) is 0.227. The highest BCUT2D eigenvalue weighted by atomic mass is 35.5. The number of thioether (sulfide) groups is 1. The zero-order valence-corrected chi connectivity index (χ0v) is 19.6. The standard InChI is InChI=1S/C22H19ClF3N3O4S/c1-32-15-6-3-13(4-7-15)9-17-20(31)29(14-5-8-16(23)18(10-14)33-2)21(28-17)34-11-19(30)27-12-22(24,25)26/h3-10H,11-12H2,1-2H3,(H,27,30). The second-order valence-electron chi connectivity index (χ2n) is 6.84. The molecule has 0 aromatic heterocycles. The predicted molar refractivity (Wildman–Crippen MR) is 125 cm³/mol. The van der Waals surface area contributed by atoms with Gasteiger partial charge in [-0.3, -0.25) is 14.5 Å². The molecule has 34 heavy (non-hydrogen) atoms. The molecule has 2 aromatic rings. The summed E-state index contributed by atoms with van der Waals surface area (Å²) in [6, 6.07) is 11.5. The lowest BCUT2D eigenvalue weighted by Crippen LogP contribution is -2.36. The molecule has 1 heterocycles. The number of methoxy groups -OCH3 is 2. The molecule has 0 saturated carbocycles. The molecule has 0 spiro atoms. The third kappa shape index (κ3) is 6.45. The van der Waals surface area contributed by atoms with Gasteiger partial charge in [0.1, 0.15) is 23.7 Å². The highest BCUT2D eigenvalue weighted by Gasteiger charge is 2.33. The van der Waals surface area contributed by atoms with Gasteiger partial charge in [-0.25, -0.2) is 4.99 Å². The second-order valence-corrected chi connectivity index (χ2v) is 8.19. The SMILES string of the molecule is COc1ccc(C=C2N=C(SCC(=O)NCC(F)(F)F)N(c3ccc(Cl)c(OC)c3)C2=O)cc1. The first kappa shape index (κ1) is 25.4. The lowest BCUT2D eigenvalue weighted by molar-refractivity contribution is -0.136. The van der Waals surface area contributed by atoms with E-state index in [9.17, 15) is 22.8 Å². The topological polar surface area (TPSA) is 80.2 Å². The van der Waals surface area contributed by atoms with Crippen LogP contribution in [0.25, 0.3) is 6.08 Å². The minimum Gasteiger partial charge on any atom is -0.497 e. The van der Waals surface area contributed by atoms with Crippen molar-refractivity contribution in [1.82, 2.24) is 5.32 Å². The summed E-state index contributed by atoms with van der Waals surface area (Å²) in [6.07, 6.45) is -2.97. The van der Waals surface area contributed by atoms with E-state index in [1.165, 1.54) is 31.3 Å². The van der Waals surface area contributed by atoms with Crippen LogP contribution in [0.1, 0.15) is 5.56 Å². The van der Waals surface area contributed by atoms with Crippen LogP contribution in [0, 0.1) is 0 Å². The van der Waals surface area contributed by atoms with Crippen LogP contribution in [0.3, 0.4) is 0 Å². The number of aliphatic imine (C=N–C) groups is 1. The van der Waals surface area contributed by atoms with E-state index >= 15 is 0 Å². The van der Waals surface area contributed by atoms with Crippen LogP contribution in [0.5, 0.6) is 11.5 Å². The molecule has 0 bridgehead atoms. The molecule has 7 nitrogen and oxygen atoms in total. The van der Waals surface area contributed by atoms with Gasteiger partial charge in [-0.1, -0.05) is 35.5 Å². The molecule has 2 amide bonds. The zero-order chi connectivity index (χ0) is 24.9. The molecule has 180 valence electrons. The van der Waals surface area contributed by atoms with Crippen LogP contribution in [-0.4, -0.2) is 49.7 Å². The van der Waals surface area contributed by atoms with E-state index in [2.05, 4.69) is 4.99 Å². The van der Waals surface area contributed by atoms with Gasteiger partial charge in [0.15, 0.2) is 5.17 Å². The van der Waals surface area contributed by atoms with Crippen molar-refractivity contribution in [3.63, 3.8) is 0 Å². The van der Waals surface area contributed by atoms with Gasteiger partial charge >= 0.3 is 6.18 Å². The van der Waals surface area contributed by atoms with Crippen molar-refractivity contribution in [3.05, 3.63) is 58.7 Å². The number of carbonyl (C=O) groups is 2. The molecular weight excluding hydrogens is 495 g/mol. The Labute approximate surface area is 202 Å². The Balaban J connectivity index is 1.89. The van der Waals surface area contributed by atoms with E-state index in [4.69, 9.17) is 21.1 Å². The summed E-state index contributed by atoms with van der Waals surface area (Å²) in [5.41, 5.74) is 1.12. The fourth-order valence-corrected chi connectivity index (χ4v) is 3.88. The van der Waals surface area contributed by atoms with Gasteiger partial charge in [-0.2, -0.15) is 13.2 Å². The van der Waals surface area contributed by atoms with Crippen molar-refractivity contribution in [2.24, 2.45) is 4.99 Å². The lowest BCUT2D eigenvalue weighted by atomic mass is 10.2. The van der Waals surface area contributed by atoms with E-state index in [1.54, 1.807) is 41.7 Å². The molecular formula is C22H19ClF3N3O4S. The molecule has 0 fully saturated rings. The van der Waals surface area contributed by atoms with Crippen LogP contribution in [0.4, 0.5) is 18.9 Å². The average molecular weight is 514 g/mol. The number of benzene rings is 2. The molecule has 1 aliphatic heterocycles. The van der Waals surface area contributed by atoms with Gasteiger partial charge in [0.25, 0.3) is 5.91 Å². The third-order valence-electron chi connectivity index (χ3n) is 4.46. The van der Waals surface area contributed by atoms with Gasteiger partial charge in [0.05, 0.1) is 30.7 Å². The van der Waals surface area contributed by atoms with Crippen LogP contribution < -0.4 is 19.7 Å². The Kier molecular flexibility index (Phi) is 8.11. The summed E-state index contributed by atoms with van der Waals surface area (Å²) in [5.74, 6) is -0.762. The Hall–Kier alpha value is -3.18. The summed E-state index contributed by atoms with van der Waals surface area (Å²) in [4.78, 5) is 30.7. The zero-order valence-electron chi connectivity index (χ0n) is 18.0. The Morgan fingerprint density at radius 3 is 2.50 bits per heavy atom. The van der Waals surface area contributed by atoms with Gasteiger partial charge in [0, 0.05) is 6.07 Å². The van der Waals surface area contributed by atoms with E-state index in [1.807, 2.05) is 0 Å². The number of amidine groups is 1. The largest absolute Gasteiger partial charge is 0.497 e. The highest BCUT2D eigenvalue weighted by Crippen LogP contribution is 2.34. The molecule has 0 radical (unpaired) electrons. The van der Waals surface area contributed by atoms with E-state index in [0.717, 1.165) is 11.8 Å². The van der Waals surface area contributed by atoms with Crippen LogP contribution >= 0.6 is 23.4 Å². The van der Waals surface area contributed by atoms with Crippen molar-refractivity contribution in [2.45, 2.75) is 6.18 Å². The quantitative estimate of drug-likeness (QED) is 0.551. The van der Waals surface area contributed by atoms with E-state index in [-0.39, 0.29) is 16.6 Å². The van der Waals surface area contributed by atoms with Crippen molar-refractivity contribution in [2.75, 3.05) is 31.4 Å². The molecule has 0 aliphatic carbocycles. The van der Waals surface area contributed by atoms with E-state index in [0.29, 0.717) is 27.8 Å².